The summed E-state index contributed by atoms with van der Waals surface area (Å²) in [5.41, 5.74) is 10.7. The van der Waals surface area contributed by atoms with Crippen LogP contribution in [0.25, 0.3) is 0 Å². The maximum absolute atomic E-state index is 13.1. The smallest absolute Gasteiger partial charge is 0.229 e. The predicted octanol–water partition coefficient (Wildman–Crippen LogP) is -1.88. The van der Waals surface area contributed by atoms with Crippen LogP contribution < -0.4 is 16.2 Å². The van der Waals surface area contributed by atoms with E-state index in [4.69, 9.17) is 20.9 Å². The van der Waals surface area contributed by atoms with E-state index in [9.17, 15) is 35.1 Å². The number of phenols is 1. The number of aromatic hydroxyl groups is 1. The molecule has 0 amide bonds. The molecule has 0 spiro atoms. The van der Waals surface area contributed by atoms with Gasteiger partial charge in [-0.3, -0.25) is 9.59 Å². The molecule has 12 nitrogen and oxygen atoms in total. The maximum atomic E-state index is 13.1. The normalized spacial score (nSPS) is 25.9. The summed E-state index contributed by atoms with van der Waals surface area (Å²) in [5, 5.41) is 50.8. The number of fused-ring (bicyclic) bond motifs is 2. The van der Waals surface area contributed by atoms with Crippen LogP contribution in [0.1, 0.15) is 37.4 Å². The summed E-state index contributed by atoms with van der Waals surface area (Å²) in [6, 6.07) is 7.40. The zero-order valence-corrected chi connectivity index (χ0v) is 17.7. The summed E-state index contributed by atoms with van der Waals surface area (Å²) in [5.74, 6) is -2.54. The third kappa shape index (κ3) is 3.87. The molecule has 2 aromatic carbocycles. The fourth-order valence-electron chi connectivity index (χ4n) is 3.98. The highest BCUT2D eigenvalue weighted by molar-refractivity contribution is 6.29. The Morgan fingerprint density at radius 1 is 1.00 bits per heavy atom. The Morgan fingerprint density at radius 2 is 1.65 bits per heavy atom. The third-order valence-electron chi connectivity index (χ3n) is 5.73. The van der Waals surface area contributed by atoms with E-state index in [-0.39, 0.29) is 46.1 Å². The van der Waals surface area contributed by atoms with E-state index in [1.54, 1.807) is 12.1 Å². The largest absolute Gasteiger partial charge is 0.504 e. The number of hydrogen-bond donors (Lipinski definition) is 7. The highest BCUT2D eigenvalue weighted by Crippen LogP contribution is 2.42. The molecule has 1 fully saturated rings. The number of aliphatic hydroxyl groups excluding tert-OH is 4. The van der Waals surface area contributed by atoms with Gasteiger partial charge in [-0.25, -0.2) is 4.99 Å². The van der Waals surface area contributed by atoms with Gasteiger partial charge < -0.3 is 46.5 Å². The average molecular weight is 473 g/mol. The number of carbonyl (C=O) groups is 2. The Hall–Kier alpha value is -3.55. The summed E-state index contributed by atoms with van der Waals surface area (Å²) < 4.78 is 11.0. The van der Waals surface area contributed by atoms with E-state index in [0.717, 1.165) is 0 Å². The lowest BCUT2D eigenvalue weighted by atomic mass is 9.82. The fourth-order valence-corrected chi connectivity index (χ4v) is 3.98. The van der Waals surface area contributed by atoms with Crippen LogP contribution >= 0.6 is 0 Å². The maximum Gasteiger partial charge on any atom is 0.229 e. The summed E-state index contributed by atoms with van der Waals surface area (Å²) in [7, 11) is 0. The van der Waals surface area contributed by atoms with Crippen molar-refractivity contribution in [2.75, 3.05) is 6.61 Å². The standard InChI is InChI=1S/C22H23N3O9/c23-22(24)25-6-8-5-11-13(15(28)10-4-2-1-3-9(10)14(11)27)17(30)20(8)34-21-19(32)18(31)16(29)12(7-26)33-21/h1-5,12,16,18-19,21,26,29-32H,6-7H2,(H4,23,24,25)/t12-,16-,18+,19-,21-/m0/s1. The minimum absolute atomic E-state index is 0.0714. The third-order valence-corrected chi connectivity index (χ3v) is 5.73. The van der Waals surface area contributed by atoms with Crippen molar-refractivity contribution in [3.63, 3.8) is 0 Å². The molecule has 2 aromatic rings. The Labute approximate surface area is 192 Å². The van der Waals surface area contributed by atoms with Gasteiger partial charge in [-0.2, -0.15) is 0 Å². The molecule has 1 aliphatic heterocycles. The van der Waals surface area contributed by atoms with Crippen LogP contribution in [0, 0.1) is 0 Å². The van der Waals surface area contributed by atoms with Crippen molar-refractivity contribution >= 4 is 17.5 Å². The lowest BCUT2D eigenvalue weighted by Gasteiger charge is -2.39. The van der Waals surface area contributed by atoms with Gasteiger partial charge in [-0.15, -0.1) is 0 Å². The molecule has 0 bridgehead atoms. The van der Waals surface area contributed by atoms with Crippen LogP contribution in [-0.2, 0) is 11.3 Å². The summed E-state index contributed by atoms with van der Waals surface area (Å²) in [4.78, 5) is 30.1. The highest BCUT2D eigenvalue weighted by Gasteiger charge is 2.45. The zero-order chi connectivity index (χ0) is 24.7. The number of guanidine groups is 1. The molecule has 0 aromatic heterocycles. The van der Waals surface area contributed by atoms with E-state index in [1.165, 1.54) is 18.2 Å². The first kappa shape index (κ1) is 23.6. The van der Waals surface area contributed by atoms with Crippen LogP contribution in [0.15, 0.2) is 35.3 Å². The second kappa shape index (κ2) is 9.00. The molecule has 12 heteroatoms. The van der Waals surface area contributed by atoms with E-state index < -0.39 is 54.6 Å². The van der Waals surface area contributed by atoms with Gasteiger partial charge in [0.25, 0.3) is 0 Å². The van der Waals surface area contributed by atoms with Crippen molar-refractivity contribution < 1.29 is 44.6 Å². The number of phenolic OH excluding ortho intramolecular Hbond substituents is 1. The van der Waals surface area contributed by atoms with Gasteiger partial charge in [0, 0.05) is 22.3 Å². The number of ketones is 2. The number of aliphatic imine (C=N–C) groups is 1. The topological polar surface area (TPSA) is 218 Å². The molecule has 2 aliphatic rings. The Kier molecular flexibility index (Phi) is 6.25. The first-order valence-electron chi connectivity index (χ1n) is 10.3. The number of aliphatic hydroxyl groups is 4. The number of hydrogen-bond acceptors (Lipinski definition) is 10. The van der Waals surface area contributed by atoms with Gasteiger partial charge in [0.1, 0.15) is 24.4 Å². The van der Waals surface area contributed by atoms with Crippen molar-refractivity contribution in [2.45, 2.75) is 37.3 Å². The van der Waals surface area contributed by atoms with Crippen LogP contribution in [0.2, 0.25) is 0 Å². The number of nitrogens with zero attached hydrogens (tertiary/aromatic N) is 1. The molecule has 180 valence electrons. The van der Waals surface area contributed by atoms with E-state index in [0.29, 0.717) is 0 Å². The number of benzene rings is 2. The number of nitrogens with two attached hydrogens (primary N) is 2. The van der Waals surface area contributed by atoms with E-state index in [2.05, 4.69) is 4.99 Å². The van der Waals surface area contributed by atoms with Gasteiger partial charge >= 0.3 is 0 Å². The van der Waals surface area contributed by atoms with Gasteiger partial charge in [0.2, 0.25) is 6.29 Å². The first-order chi connectivity index (χ1) is 16.1. The average Bonchev–Trinajstić information content (AvgIpc) is 2.82. The molecule has 1 heterocycles. The Morgan fingerprint density at radius 3 is 2.26 bits per heavy atom. The minimum atomic E-state index is -1.79. The summed E-state index contributed by atoms with van der Waals surface area (Å²) in [6.07, 6.45) is -8.11. The van der Waals surface area contributed by atoms with Crippen molar-refractivity contribution in [1.82, 2.24) is 0 Å². The highest BCUT2D eigenvalue weighted by atomic mass is 16.7. The van der Waals surface area contributed by atoms with Crippen LogP contribution in [0.5, 0.6) is 11.5 Å². The fraction of sp³-hybridized carbons (Fsp3) is 0.318. The first-order valence-corrected chi connectivity index (χ1v) is 10.3. The molecule has 0 unspecified atom stereocenters. The number of rotatable bonds is 5. The monoisotopic (exact) mass is 473 g/mol. The second-order valence-electron chi connectivity index (χ2n) is 7.90. The molecule has 5 atom stereocenters. The summed E-state index contributed by atoms with van der Waals surface area (Å²) in [6.45, 7) is -0.981. The molecule has 0 radical (unpaired) electrons. The van der Waals surface area contributed by atoms with Crippen molar-refractivity contribution in [3.05, 3.63) is 58.1 Å². The molecular formula is C22H23N3O9. The zero-order valence-electron chi connectivity index (χ0n) is 17.7. The molecule has 0 saturated carbocycles. The SMILES string of the molecule is NC(N)=NCc1cc2c(c(O)c1O[C@@H]1O[C@@H](CO)[C@H](O)[C@@H](O)[C@@H]1O)C(=O)c1ccccc1C2=O. The molecule has 34 heavy (non-hydrogen) atoms. The summed E-state index contributed by atoms with van der Waals surface area (Å²) >= 11 is 0. The van der Waals surface area contributed by atoms with Gasteiger partial charge in [0.05, 0.1) is 18.7 Å². The molecular weight excluding hydrogens is 450 g/mol. The van der Waals surface area contributed by atoms with E-state index >= 15 is 0 Å². The molecule has 4 rings (SSSR count). The van der Waals surface area contributed by atoms with Crippen LogP contribution in [0.3, 0.4) is 0 Å². The van der Waals surface area contributed by atoms with Crippen LogP contribution in [0.4, 0.5) is 0 Å². The second-order valence-corrected chi connectivity index (χ2v) is 7.90. The quantitative estimate of drug-likeness (QED) is 0.161. The number of carbonyl (C=O) groups excluding carboxylic acids is 2. The van der Waals surface area contributed by atoms with Gasteiger partial charge in [-0.05, 0) is 6.07 Å². The van der Waals surface area contributed by atoms with Crippen LogP contribution in [-0.4, -0.2) is 80.4 Å². The minimum Gasteiger partial charge on any atom is -0.504 e. The Balaban J connectivity index is 1.83. The predicted molar refractivity (Wildman–Crippen MR) is 115 cm³/mol. The van der Waals surface area contributed by atoms with E-state index in [1.807, 2.05) is 0 Å². The van der Waals surface area contributed by atoms with Gasteiger partial charge in [0.15, 0.2) is 29.0 Å². The van der Waals surface area contributed by atoms with Crippen molar-refractivity contribution in [2.24, 2.45) is 16.5 Å². The van der Waals surface area contributed by atoms with Gasteiger partial charge in [-0.1, -0.05) is 24.3 Å². The molecule has 1 aliphatic carbocycles. The number of ether oxygens (including phenoxy) is 2. The molecule has 1 saturated heterocycles. The lowest BCUT2D eigenvalue weighted by molar-refractivity contribution is -0.277. The Bertz CT molecular complexity index is 1180. The van der Waals surface area contributed by atoms with Crippen molar-refractivity contribution in [3.8, 4) is 11.5 Å². The molecule has 9 N–H and O–H groups in total. The van der Waals surface area contributed by atoms with Crippen molar-refractivity contribution in [1.29, 1.82) is 0 Å². The lowest BCUT2D eigenvalue weighted by Crippen LogP contribution is -2.60.